The number of nitrogens with one attached hydrogen (secondary N) is 1. The van der Waals surface area contributed by atoms with E-state index in [1.807, 2.05) is 0 Å². The first-order valence-electron chi connectivity index (χ1n) is 6.76. The van der Waals surface area contributed by atoms with Gasteiger partial charge in [0.15, 0.2) is 0 Å². The van der Waals surface area contributed by atoms with E-state index in [-0.39, 0.29) is 46.5 Å². The van der Waals surface area contributed by atoms with Gasteiger partial charge in [0.25, 0.3) is 0 Å². The van der Waals surface area contributed by atoms with Crippen LogP contribution in [0.3, 0.4) is 0 Å². The summed E-state index contributed by atoms with van der Waals surface area (Å²) in [5, 5.41) is 2.92. The summed E-state index contributed by atoms with van der Waals surface area (Å²) in [6.45, 7) is 1.23. The number of halogens is 1. The van der Waals surface area contributed by atoms with E-state index in [2.05, 4.69) is 21.2 Å². The quantitative estimate of drug-likeness (QED) is 0.458. The van der Waals surface area contributed by atoms with Crippen LogP contribution >= 0.6 is 15.9 Å². The van der Waals surface area contributed by atoms with E-state index in [1.165, 1.54) is 0 Å². The SMILES string of the molecule is COCCCNC(=O)[C@@H]1[C@H]2C[C@H]3[C@H](OC(=O)[C@@H]31)[C@@H]2Br. The third-order valence-corrected chi connectivity index (χ3v) is 5.85. The Bertz CT molecular complexity index is 402. The van der Waals surface area contributed by atoms with Crippen LogP contribution in [0.4, 0.5) is 0 Å². The molecule has 2 saturated carbocycles. The Hall–Kier alpha value is -0.620. The summed E-state index contributed by atoms with van der Waals surface area (Å²) in [6, 6.07) is 0. The summed E-state index contributed by atoms with van der Waals surface area (Å²) >= 11 is 3.60. The van der Waals surface area contributed by atoms with Crippen LogP contribution in [0.25, 0.3) is 0 Å². The van der Waals surface area contributed by atoms with Crippen molar-refractivity contribution >= 4 is 27.8 Å². The molecule has 0 unspecified atom stereocenters. The molecule has 0 aromatic carbocycles. The Morgan fingerprint density at radius 3 is 3.05 bits per heavy atom. The number of alkyl halides is 1. The zero-order valence-electron chi connectivity index (χ0n) is 10.8. The molecule has 2 bridgehead atoms. The molecule has 0 spiro atoms. The molecular weight excluding hydrogens is 314 g/mol. The third-order valence-electron chi connectivity index (χ3n) is 4.65. The zero-order valence-corrected chi connectivity index (χ0v) is 12.4. The maximum absolute atomic E-state index is 12.3. The maximum Gasteiger partial charge on any atom is 0.310 e. The molecule has 19 heavy (non-hydrogen) atoms. The lowest BCUT2D eigenvalue weighted by atomic mass is 9.79. The molecule has 2 aliphatic carbocycles. The molecule has 5 nitrogen and oxygen atoms in total. The highest BCUT2D eigenvalue weighted by Gasteiger charge is 2.67. The Kier molecular flexibility index (Phi) is 3.55. The largest absolute Gasteiger partial charge is 0.461 e. The summed E-state index contributed by atoms with van der Waals surface area (Å²) in [7, 11) is 1.64. The molecule has 1 N–H and O–H groups in total. The second-order valence-electron chi connectivity index (χ2n) is 5.60. The lowest BCUT2D eigenvalue weighted by Gasteiger charge is -2.27. The number of hydrogen-bond donors (Lipinski definition) is 1. The van der Waals surface area contributed by atoms with Crippen molar-refractivity contribution in [2.75, 3.05) is 20.3 Å². The van der Waals surface area contributed by atoms with E-state index in [0.29, 0.717) is 13.2 Å². The highest BCUT2D eigenvalue weighted by Crippen LogP contribution is 2.59. The standard InChI is InChI=1S/C13H18BrNO4/c1-18-4-2-3-15-12(16)8-6-5-7-9(8)13(17)19-11(7)10(6)14/h6-11H,2-5H2,1H3,(H,15,16)/t6-,7-,8-,9+,10-,11+/m1/s1. The second kappa shape index (κ2) is 5.05. The molecule has 0 aromatic rings. The summed E-state index contributed by atoms with van der Waals surface area (Å²) in [4.78, 5) is 24.3. The molecule has 1 aliphatic heterocycles. The van der Waals surface area contributed by atoms with Crippen LogP contribution in [-0.2, 0) is 19.1 Å². The van der Waals surface area contributed by atoms with Gasteiger partial charge in [-0.25, -0.2) is 0 Å². The number of hydrogen-bond acceptors (Lipinski definition) is 4. The average molecular weight is 332 g/mol. The average Bonchev–Trinajstić information content (AvgIpc) is 2.98. The van der Waals surface area contributed by atoms with E-state index in [1.54, 1.807) is 7.11 Å². The number of methoxy groups -OCH3 is 1. The molecule has 106 valence electrons. The molecule has 1 saturated heterocycles. The van der Waals surface area contributed by atoms with Gasteiger partial charge >= 0.3 is 5.97 Å². The van der Waals surface area contributed by atoms with Gasteiger partial charge in [-0.3, -0.25) is 9.59 Å². The Balaban J connectivity index is 1.65. The first-order valence-corrected chi connectivity index (χ1v) is 7.68. The van der Waals surface area contributed by atoms with Crippen LogP contribution < -0.4 is 5.32 Å². The van der Waals surface area contributed by atoms with Gasteiger partial charge in [0, 0.05) is 26.2 Å². The normalized spacial score (nSPS) is 42.5. The number of esters is 1. The highest BCUT2D eigenvalue weighted by molar-refractivity contribution is 9.09. The number of rotatable bonds is 5. The van der Waals surface area contributed by atoms with Crippen molar-refractivity contribution in [2.24, 2.45) is 23.7 Å². The summed E-state index contributed by atoms with van der Waals surface area (Å²) in [6.07, 6.45) is 1.70. The van der Waals surface area contributed by atoms with Crippen LogP contribution in [0.2, 0.25) is 0 Å². The third kappa shape index (κ3) is 2.00. The van der Waals surface area contributed by atoms with Crippen LogP contribution in [-0.4, -0.2) is 43.1 Å². The fraction of sp³-hybridized carbons (Fsp3) is 0.846. The van der Waals surface area contributed by atoms with Crippen molar-refractivity contribution in [1.29, 1.82) is 0 Å². The molecule has 0 radical (unpaired) electrons. The zero-order chi connectivity index (χ0) is 13.6. The lowest BCUT2D eigenvalue weighted by Crippen LogP contribution is -2.43. The van der Waals surface area contributed by atoms with Gasteiger partial charge in [0.05, 0.1) is 16.7 Å². The number of carbonyl (C=O) groups is 2. The summed E-state index contributed by atoms with van der Waals surface area (Å²) in [5.41, 5.74) is 0. The van der Waals surface area contributed by atoms with Gasteiger partial charge in [-0.15, -0.1) is 0 Å². The number of amides is 1. The van der Waals surface area contributed by atoms with Gasteiger partial charge in [-0.05, 0) is 18.8 Å². The predicted molar refractivity (Wildman–Crippen MR) is 70.7 cm³/mol. The minimum Gasteiger partial charge on any atom is -0.461 e. The molecule has 6 atom stereocenters. The Labute approximate surface area is 120 Å². The van der Waals surface area contributed by atoms with Crippen molar-refractivity contribution in [1.82, 2.24) is 5.32 Å². The number of fused-ring (bicyclic) bond motifs is 1. The molecule has 1 amide bonds. The topological polar surface area (TPSA) is 64.6 Å². The maximum atomic E-state index is 12.3. The van der Waals surface area contributed by atoms with Crippen LogP contribution in [0.15, 0.2) is 0 Å². The minimum atomic E-state index is -0.219. The highest BCUT2D eigenvalue weighted by atomic mass is 79.9. The molecule has 3 rings (SSSR count). The summed E-state index contributed by atoms with van der Waals surface area (Å²) in [5.74, 6) is -0.160. The van der Waals surface area contributed by atoms with Crippen LogP contribution in [0, 0.1) is 23.7 Å². The van der Waals surface area contributed by atoms with Crippen molar-refractivity contribution in [2.45, 2.75) is 23.8 Å². The van der Waals surface area contributed by atoms with Gasteiger partial charge in [0.2, 0.25) is 5.91 Å². The second-order valence-corrected chi connectivity index (χ2v) is 6.66. The number of carbonyl (C=O) groups excluding carboxylic acids is 2. The first-order chi connectivity index (χ1) is 9.15. The van der Waals surface area contributed by atoms with Crippen molar-refractivity contribution in [3.05, 3.63) is 0 Å². The molecule has 0 aromatic heterocycles. The minimum absolute atomic E-state index is 0.00430. The smallest absolute Gasteiger partial charge is 0.310 e. The molecular formula is C13H18BrNO4. The lowest BCUT2D eigenvalue weighted by molar-refractivity contribution is -0.145. The van der Waals surface area contributed by atoms with E-state index < -0.39 is 0 Å². The van der Waals surface area contributed by atoms with Crippen molar-refractivity contribution in [3.63, 3.8) is 0 Å². The van der Waals surface area contributed by atoms with Crippen molar-refractivity contribution < 1.29 is 19.1 Å². The predicted octanol–water partition coefficient (Wildman–Crippen LogP) is 0.710. The Morgan fingerprint density at radius 1 is 1.53 bits per heavy atom. The van der Waals surface area contributed by atoms with Crippen molar-refractivity contribution in [3.8, 4) is 0 Å². The van der Waals surface area contributed by atoms with E-state index in [4.69, 9.17) is 9.47 Å². The monoisotopic (exact) mass is 331 g/mol. The Morgan fingerprint density at radius 2 is 2.32 bits per heavy atom. The van der Waals surface area contributed by atoms with Gasteiger partial charge in [0.1, 0.15) is 6.10 Å². The molecule has 3 fully saturated rings. The van der Waals surface area contributed by atoms with Gasteiger partial charge < -0.3 is 14.8 Å². The molecule has 3 aliphatic rings. The molecule has 1 heterocycles. The van der Waals surface area contributed by atoms with E-state index in [9.17, 15) is 9.59 Å². The fourth-order valence-electron chi connectivity index (χ4n) is 3.88. The fourth-order valence-corrected chi connectivity index (χ4v) is 4.92. The molecule has 6 heteroatoms. The van der Waals surface area contributed by atoms with Gasteiger partial charge in [-0.1, -0.05) is 15.9 Å². The summed E-state index contributed by atoms with van der Waals surface area (Å²) < 4.78 is 10.3. The van der Waals surface area contributed by atoms with E-state index in [0.717, 1.165) is 12.8 Å². The van der Waals surface area contributed by atoms with Crippen LogP contribution in [0.1, 0.15) is 12.8 Å². The van der Waals surface area contributed by atoms with E-state index >= 15 is 0 Å². The van der Waals surface area contributed by atoms with Crippen LogP contribution in [0.5, 0.6) is 0 Å². The first kappa shape index (κ1) is 13.4. The number of ether oxygens (including phenoxy) is 2. The van der Waals surface area contributed by atoms with Gasteiger partial charge in [-0.2, -0.15) is 0 Å².